The van der Waals surface area contributed by atoms with Crippen molar-refractivity contribution >= 4 is 0 Å². The van der Waals surface area contributed by atoms with E-state index in [4.69, 9.17) is 4.74 Å². The van der Waals surface area contributed by atoms with Crippen LogP contribution in [0.3, 0.4) is 0 Å². The lowest BCUT2D eigenvalue weighted by Gasteiger charge is -2.22. The van der Waals surface area contributed by atoms with Gasteiger partial charge in [0.2, 0.25) is 5.88 Å². The minimum Gasteiger partial charge on any atom is -0.439 e. The first-order valence-electron chi connectivity index (χ1n) is 8.96. The summed E-state index contributed by atoms with van der Waals surface area (Å²) >= 11 is 0. The largest absolute Gasteiger partial charge is 0.439 e. The fourth-order valence-corrected chi connectivity index (χ4v) is 3.96. The second kappa shape index (κ2) is 6.58. The van der Waals surface area contributed by atoms with E-state index in [0.29, 0.717) is 11.9 Å². The Labute approximate surface area is 150 Å². The number of alkyl halides is 3. The van der Waals surface area contributed by atoms with Crippen LogP contribution in [0.25, 0.3) is 0 Å². The van der Waals surface area contributed by atoms with E-state index in [-0.39, 0.29) is 11.8 Å². The van der Waals surface area contributed by atoms with E-state index in [1.54, 1.807) is 6.20 Å². The molecular formula is C20H21F3N2O. The molecule has 0 amide bonds. The van der Waals surface area contributed by atoms with Gasteiger partial charge in [-0.2, -0.15) is 13.2 Å². The van der Waals surface area contributed by atoms with Gasteiger partial charge in [0.1, 0.15) is 5.75 Å². The SMILES string of the molecule is CC(NC1CC2CC2C1)c1cccnc1Oc1cccc(C(F)(F)F)c1. The molecule has 2 fully saturated rings. The number of nitrogens with one attached hydrogen (secondary N) is 1. The molecule has 0 spiro atoms. The summed E-state index contributed by atoms with van der Waals surface area (Å²) in [5.74, 6) is 2.24. The quantitative estimate of drug-likeness (QED) is 0.779. The van der Waals surface area contributed by atoms with Gasteiger partial charge in [-0.1, -0.05) is 12.1 Å². The minimum absolute atomic E-state index is 0.0204. The van der Waals surface area contributed by atoms with Crippen molar-refractivity contribution in [1.29, 1.82) is 0 Å². The van der Waals surface area contributed by atoms with Gasteiger partial charge in [0.05, 0.1) is 5.56 Å². The average molecular weight is 362 g/mol. The molecule has 1 aromatic heterocycles. The maximum Gasteiger partial charge on any atom is 0.416 e. The van der Waals surface area contributed by atoms with Crippen LogP contribution in [0.1, 0.15) is 43.4 Å². The van der Waals surface area contributed by atoms with Crippen LogP contribution in [-0.4, -0.2) is 11.0 Å². The van der Waals surface area contributed by atoms with Crippen LogP contribution < -0.4 is 10.1 Å². The zero-order chi connectivity index (χ0) is 18.3. The highest BCUT2D eigenvalue weighted by Gasteiger charge is 2.45. The third-order valence-electron chi connectivity index (χ3n) is 5.37. The summed E-state index contributed by atoms with van der Waals surface area (Å²) in [6.45, 7) is 2.04. The number of halogens is 3. The maximum atomic E-state index is 12.9. The highest BCUT2D eigenvalue weighted by atomic mass is 19.4. The number of ether oxygens (including phenoxy) is 1. The molecule has 0 bridgehead atoms. The average Bonchev–Trinajstić information content (AvgIpc) is 3.21. The molecule has 1 N–H and O–H groups in total. The number of nitrogens with zero attached hydrogens (tertiary/aromatic N) is 1. The van der Waals surface area contributed by atoms with Crippen LogP contribution in [0.15, 0.2) is 42.6 Å². The van der Waals surface area contributed by atoms with Gasteiger partial charge in [0.15, 0.2) is 0 Å². The second-order valence-corrected chi connectivity index (χ2v) is 7.34. The monoisotopic (exact) mass is 362 g/mol. The molecule has 0 aliphatic heterocycles. The molecule has 2 saturated carbocycles. The first-order valence-corrected chi connectivity index (χ1v) is 8.96. The van der Waals surface area contributed by atoms with Crippen molar-refractivity contribution in [2.45, 2.75) is 44.4 Å². The summed E-state index contributed by atoms with van der Waals surface area (Å²) in [5, 5.41) is 3.62. The summed E-state index contributed by atoms with van der Waals surface area (Å²) in [7, 11) is 0. The molecule has 2 aliphatic carbocycles. The van der Waals surface area contributed by atoms with Crippen LogP contribution in [-0.2, 0) is 6.18 Å². The molecule has 1 aromatic carbocycles. The molecule has 2 aliphatic rings. The van der Waals surface area contributed by atoms with Gasteiger partial charge in [-0.25, -0.2) is 4.98 Å². The summed E-state index contributed by atoms with van der Waals surface area (Å²) in [6.07, 6.45) is 0.968. The Hall–Kier alpha value is -2.08. The molecule has 0 saturated heterocycles. The number of hydrogen-bond acceptors (Lipinski definition) is 3. The Morgan fingerprint density at radius 2 is 1.88 bits per heavy atom. The maximum absolute atomic E-state index is 12.9. The zero-order valence-corrected chi connectivity index (χ0v) is 14.5. The Bertz CT molecular complexity index is 783. The molecule has 3 nitrogen and oxygen atoms in total. The third-order valence-corrected chi connectivity index (χ3v) is 5.37. The fraction of sp³-hybridized carbons (Fsp3) is 0.450. The molecule has 0 radical (unpaired) electrons. The first kappa shape index (κ1) is 17.3. The van der Waals surface area contributed by atoms with Crippen molar-refractivity contribution in [2.24, 2.45) is 11.8 Å². The van der Waals surface area contributed by atoms with Crippen LogP contribution in [0, 0.1) is 11.8 Å². The predicted molar refractivity (Wildman–Crippen MR) is 91.9 cm³/mol. The predicted octanol–water partition coefficient (Wildman–Crippen LogP) is 5.34. The number of aromatic nitrogens is 1. The summed E-state index contributed by atoms with van der Waals surface area (Å²) in [6, 6.07) is 9.12. The molecule has 3 unspecified atom stereocenters. The lowest BCUT2D eigenvalue weighted by atomic mass is 10.1. The van der Waals surface area contributed by atoms with Gasteiger partial charge in [-0.15, -0.1) is 0 Å². The van der Waals surface area contributed by atoms with Crippen LogP contribution in [0.2, 0.25) is 0 Å². The molecule has 4 rings (SSSR count). The van der Waals surface area contributed by atoms with E-state index in [9.17, 15) is 13.2 Å². The van der Waals surface area contributed by atoms with Gasteiger partial charge < -0.3 is 10.1 Å². The molecule has 2 aromatic rings. The zero-order valence-electron chi connectivity index (χ0n) is 14.5. The van der Waals surface area contributed by atoms with E-state index >= 15 is 0 Å². The number of fused-ring (bicyclic) bond motifs is 1. The molecule has 138 valence electrons. The van der Waals surface area contributed by atoms with Crippen molar-refractivity contribution in [3.63, 3.8) is 0 Å². The number of hydrogen-bond donors (Lipinski definition) is 1. The van der Waals surface area contributed by atoms with Crippen molar-refractivity contribution in [3.8, 4) is 11.6 Å². The van der Waals surface area contributed by atoms with E-state index < -0.39 is 11.7 Å². The lowest BCUT2D eigenvalue weighted by Crippen LogP contribution is -2.30. The highest BCUT2D eigenvalue weighted by molar-refractivity contribution is 5.36. The summed E-state index contributed by atoms with van der Waals surface area (Å²) in [4.78, 5) is 4.24. The van der Waals surface area contributed by atoms with Crippen molar-refractivity contribution < 1.29 is 17.9 Å². The van der Waals surface area contributed by atoms with Gasteiger partial charge >= 0.3 is 6.18 Å². The van der Waals surface area contributed by atoms with E-state index in [0.717, 1.165) is 29.5 Å². The van der Waals surface area contributed by atoms with Gasteiger partial charge in [-0.05, 0) is 62.3 Å². The minimum atomic E-state index is -4.40. The number of pyridine rings is 1. The summed E-state index contributed by atoms with van der Waals surface area (Å²) in [5.41, 5.74) is 0.120. The third kappa shape index (κ3) is 3.70. The van der Waals surface area contributed by atoms with Crippen LogP contribution in [0.5, 0.6) is 11.6 Å². The van der Waals surface area contributed by atoms with Gasteiger partial charge in [0.25, 0.3) is 0 Å². The van der Waals surface area contributed by atoms with E-state index in [1.165, 1.54) is 31.4 Å². The van der Waals surface area contributed by atoms with E-state index in [2.05, 4.69) is 10.3 Å². The Morgan fingerprint density at radius 1 is 1.12 bits per heavy atom. The smallest absolute Gasteiger partial charge is 0.416 e. The fourth-order valence-electron chi connectivity index (χ4n) is 3.96. The highest BCUT2D eigenvalue weighted by Crippen LogP contribution is 2.52. The molecule has 3 atom stereocenters. The normalized spacial score (nSPS) is 25.6. The van der Waals surface area contributed by atoms with Gasteiger partial charge in [-0.3, -0.25) is 0 Å². The van der Waals surface area contributed by atoms with Crippen LogP contribution >= 0.6 is 0 Å². The topological polar surface area (TPSA) is 34.2 Å². The second-order valence-electron chi connectivity index (χ2n) is 7.34. The number of rotatable bonds is 5. The van der Waals surface area contributed by atoms with Crippen LogP contribution in [0.4, 0.5) is 13.2 Å². The van der Waals surface area contributed by atoms with E-state index in [1.807, 2.05) is 19.1 Å². The molecule has 6 heteroatoms. The van der Waals surface area contributed by atoms with Gasteiger partial charge in [0, 0.05) is 23.8 Å². The first-order chi connectivity index (χ1) is 12.4. The Morgan fingerprint density at radius 3 is 2.62 bits per heavy atom. The Kier molecular flexibility index (Phi) is 4.39. The van der Waals surface area contributed by atoms with Crippen molar-refractivity contribution in [2.75, 3.05) is 0 Å². The molecule has 1 heterocycles. The van der Waals surface area contributed by atoms with Crippen molar-refractivity contribution in [3.05, 3.63) is 53.7 Å². The molecular weight excluding hydrogens is 341 g/mol. The lowest BCUT2D eigenvalue weighted by molar-refractivity contribution is -0.137. The standard InChI is InChI=1S/C20H21F3N2O/c1-12(25-16-9-13-8-14(13)10-16)18-6-3-7-24-19(18)26-17-5-2-4-15(11-17)20(21,22)23/h2-7,11-14,16,25H,8-10H2,1H3. The molecule has 26 heavy (non-hydrogen) atoms. The number of benzene rings is 1. The van der Waals surface area contributed by atoms with Crippen molar-refractivity contribution in [1.82, 2.24) is 10.3 Å². The summed E-state index contributed by atoms with van der Waals surface area (Å²) < 4.78 is 44.4. The Balaban J connectivity index is 1.50.